The van der Waals surface area contributed by atoms with Gasteiger partial charge in [-0.15, -0.1) is 0 Å². The summed E-state index contributed by atoms with van der Waals surface area (Å²) in [5, 5.41) is 3.23. The van der Waals surface area contributed by atoms with E-state index in [1.54, 1.807) is 19.2 Å². The molecule has 0 amide bonds. The number of hydrogen-bond donors (Lipinski definition) is 1. The molecule has 0 spiro atoms. The van der Waals surface area contributed by atoms with E-state index in [0.717, 1.165) is 18.7 Å². The highest BCUT2D eigenvalue weighted by Crippen LogP contribution is 2.21. The number of nitrogens with one attached hydrogen (secondary N) is 1. The number of hydrogen-bond acceptors (Lipinski definition) is 3. The molecule has 1 unspecified atom stereocenters. The lowest BCUT2D eigenvalue weighted by atomic mass is 10.1. The molecule has 0 aromatic heterocycles. The molecule has 0 radical (unpaired) electrons. The van der Waals surface area contributed by atoms with Gasteiger partial charge in [0.2, 0.25) is 10.0 Å². The van der Waals surface area contributed by atoms with Gasteiger partial charge in [-0.25, -0.2) is 8.42 Å². The Hall–Kier alpha value is -1.07. The average Bonchev–Trinajstić information content (AvgIpc) is 2.43. The fraction of sp³-hybridized carbons (Fsp3) is 0.600. The smallest absolute Gasteiger partial charge is 0.243 e. The topological polar surface area (TPSA) is 49.4 Å². The molecule has 0 bridgehead atoms. The highest BCUT2D eigenvalue weighted by Gasteiger charge is 2.26. The maximum absolute atomic E-state index is 12.5. The number of benzene rings is 1. The van der Waals surface area contributed by atoms with E-state index in [1.807, 2.05) is 32.9 Å². The number of sulfonamides is 1. The van der Waals surface area contributed by atoms with Crippen LogP contribution in [-0.4, -0.2) is 32.4 Å². The van der Waals surface area contributed by atoms with E-state index in [4.69, 9.17) is 0 Å². The Bertz CT molecular complexity index is 509. The minimum absolute atomic E-state index is 0.0297. The van der Waals surface area contributed by atoms with Gasteiger partial charge in [0.15, 0.2) is 0 Å². The lowest BCUT2D eigenvalue weighted by Gasteiger charge is -2.27. The summed E-state index contributed by atoms with van der Waals surface area (Å²) >= 11 is 0. The minimum Gasteiger partial charge on any atom is -0.385 e. The molecule has 1 aromatic rings. The SMILES string of the molecule is CCCNc1ccc(S(=O)(=O)N(C)C(C)C(C)C)cc1. The first-order chi connectivity index (χ1) is 9.30. The standard InChI is InChI=1S/C15H26N2O2S/c1-6-11-16-14-7-9-15(10-8-14)20(18,19)17(5)13(4)12(2)3/h7-10,12-13,16H,6,11H2,1-5H3. The molecule has 0 fully saturated rings. The van der Waals surface area contributed by atoms with E-state index in [0.29, 0.717) is 4.90 Å². The van der Waals surface area contributed by atoms with Crippen molar-refractivity contribution in [1.82, 2.24) is 4.31 Å². The second kappa shape index (κ2) is 7.09. The van der Waals surface area contributed by atoms with Crippen LogP contribution in [0.25, 0.3) is 0 Å². The average molecular weight is 298 g/mol. The Morgan fingerprint density at radius 1 is 1.15 bits per heavy atom. The summed E-state index contributed by atoms with van der Waals surface area (Å²) in [6, 6.07) is 6.93. The molecule has 0 heterocycles. The van der Waals surface area contributed by atoms with Gasteiger partial charge in [0.1, 0.15) is 0 Å². The first kappa shape index (κ1) is 17.0. The molecule has 4 nitrogen and oxygen atoms in total. The predicted octanol–water partition coefficient (Wildman–Crippen LogP) is 3.17. The van der Waals surface area contributed by atoms with Crippen LogP contribution in [0.1, 0.15) is 34.1 Å². The van der Waals surface area contributed by atoms with Crippen LogP contribution in [0.3, 0.4) is 0 Å². The first-order valence-corrected chi connectivity index (χ1v) is 8.56. The van der Waals surface area contributed by atoms with Crippen LogP contribution in [0.4, 0.5) is 5.69 Å². The van der Waals surface area contributed by atoms with E-state index >= 15 is 0 Å². The molecular weight excluding hydrogens is 272 g/mol. The monoisotopic (exact) mass is 298 g/mol. The van der Waals surface area contributed by atoms with Crippen molar-refractivity contribution in [3.05, 3.63) is 24.3 Å². The van der Waals surface area contributed by atoms with Gasteiger partial charge >= 0.3 is 0 Å². The molecule has 0 aliphatic heterocycles. The molecule has 1 atom stereocenters. The molecule has 0 aliphatic carbocycles. The molecule has 1 rings (SSSR count). The maximum atomic E-state index is 12.5. The van der Waals surface area contributed by atoms with Crippen LogP contribution in [-0.2, 0) is 10.0 Å². The maximum Gasteiger partial charge on any atom is 0.243 e. The quantitative estimate of drug-likeness (QED) is 0.841. The van der Waals surface area contributed by atoms with Crippen molar-refractivity contribution in [2.24, 2.45) is 5.92 Å². The minimum atomic E-state index is -3.41. The van der Waals surface area contributed by atoms with Gasteiger partial charge in [-0.2, -0.15) is 4.31 Å². The van der Waals surface area contributed by atoms with E-state index in [9.17, 15) is 8.42 Å². The Kier molecular flexibility index (Phi) is 6.02. The fourth-order valence-corrected chi connectivity index (χ4v) is 3.31. The fourth-order valence-electron chi connectivity index (χ4n) is 1.82. The molecule has 0 aliphatic rings. The summed E-state index contributed by atoms with van der Waals surface area (Å²) in [5.41, 5.74) is 0.949. The van der Waals surface area contributed by atoms with E-state index in [-0.39, 0.29) is 12.0 Å². The molecule has 0 saturated heterocycles. The third-order valence-corrected chi connectivity index (χ3v) is 5.61. The third kappa shape index (κ3) is 3.96. The molecule has 114 valence electrons. The van der Waals surface area contributed by atoms with Crippen molar-refractivity contribution in [2.45, 2.75) is 45.1 Å². The van der Waals surface area contributed by atoms with Gasteiger partial charge < -0.3 is 5.32 Å². The van der Waals surface area contributed by atoms with E-state index in [2.05, 4.69) is 12.2 Å². The van der Waals surface area contributed by atoms with E-state index in [1.165, 1.54) is 4.31 Å². The second-order valence-electron chi connectivity index (χ2n) is 5.46. The largest absolute Gasteiger partial charge is 0.385 e. The summed E-state index contributed by atoms with van der Waals surface area (Å²) in [6.07, 6.45) is 1.04. The molecule has 5 heteroatoms. The molecular formula is C15H26N2O2S. The number of rotatable bonds is 7. The Balaban J connectivity index is 2.93. The lowest BCUT2D eigenvalue weighted by Crippen LogP contribution is -2.38. The van der Waals surface area contributed by atoms with Crippen LogP contribution in [0, 0.1) is 5.92 Å². The van der Waals surface area contributed by atoms with Crippen LogP contribution in [0.5, 0.6) is 0 Å². The Morgan fingerprint density at radius 2 is 1.70 bits per heavy atom. The van der Waals surface area contributed by atoms with Gasteiger partial charge in [-0.05, 0) is 43.5 Å². The van der Waals surface area contributed by atoms with Crippen LogP contribution in [0.2, 0.25) is 0 Å². The van der Waals surface area contributed by atoms with Crippen LogP contribution >= 0.6 is 0 Å². The van der Waals surface area contributed by atoms with Gasteiger partial charge in [0, 0.05) is 25.3 Å². The van der Waals surface area contributed by atoms with Crippen molar-refractivity contribution >= 4 is 15.7 Å². The Morgan fingerprint density at radius 3 is 2.15 bits per heavy atom. The van der Waals surface area contributed by atoms with Gasteiger partial charge in [-0.1, -0.05) is 20.8 Å². The van der Waals surface area contributed by atoms with Gasteiger partial charge in [-0.3, -0.25) is 0 Å². The highest BCUT2D eigenvalue weighted by molar-refractivity contribution is 7.89. The zero-order valence-electron chi connectivity index (χ0n) is 13.1. The normalized spacial score (nSPS) is 13.8. The van der Waals surface area contributed by atoms with Crippen molar-refractivity contribution in [3.8, 4) is 0 Å². The van der Waals surface area contributed by atoms with Crippen LogP contribution in [0.15, 0.2) is 29.2 Å². The molecule has 1 aromatic carbocycles. The zero-order chi connectivity index (χ0) is 15.3. The van der Waals surface area contributed by atoms with Gasteiger partial charge in [0.25, 0.3) is 0 Å². The zero-order valence-corrected chi connectivity index (χ0v) is 13.9. The van der Waals surface area contributed by atoms with Crippen molar-refractivity contribution < 1.29 is 8.42 Å². The molecule has 0 saturated carbocycles. The molecule has 20 heavy (non-hydrogen) atoms. The predicted molar refractivity (Wildman–Crippen MR) is 84.5 cm³/mol. The summed E-state index contributed by atoms with van der Waals surface area (Å²) in [7, 11) is -1.77. The summed E-state index contributed by atoms with van der Waals surface area (Å²) < 4.78 is 26.5. The van der Waals surface area contributed by atoms with Crippen molar-refractivity contribution in [3.63, 3.8) is 0 Å². The summed E-state index contributed by atoms with van der Waals surface area (Å²) in [4.78, 5) is 0.342. The van der Waals surface area contributed by atoms with Gasteiger partial charge in [0.05, 0.1) is 4.90 Å². The third-order valence-electron chi connectivity index (χ3n) is 3.65. The summed E-state index contributed by atoms with van der Waals surface area (Å²) in [6.45, 7) is 8.95. The lowest BCUT2D eigenvalue weighted by molar-refractivity contribution is 0.316. The number of anilines is 1. The molecule has 1 N–H and O–H groups in total. The first-order valence-electron chi connectivity index (χ1n) is 7.12. The van der Waals surface area contributed by atoms with Crippen molar-refractivity contribution in [1.29, 1.82) is 0 Å². The number of nitrogens with zero attached hydrogens (tertiary/aromatic N) is 1. The highest BCUT2D eigenvalue weighted by atomic mass is 32.2. The Labute approximate surface area is 123 Å². The summed E-state index contributed by atoms with van der Waals surface area (Å²) in [5.74, 6) is 0.278. The van der Waals surface area contributed by atoms with Crippen molar-refractivity contribution in [2.75, 3.05) is 18.9 Å². The second-order valence-corrected chi connectivity index (χ2v) is 7.45. The van der Waals surface area contributed by atoms with E-state index < -0.39 is 10.0 Å². The van der Waals surface area contributed by atoms with Crippen LogP contribution < -0.4 is 5.32 Å².